The molecule has 0 unspecified atom stereocenters. The zero-order chi connectivity index (χ0) is 20.1. The van der Waals surface area contributed by atoms with Crippen LogP contribution in [0.4, 0.5) is 0 Å². The Balaban J connectivity index is 2.15. The van der Waals surface area contributed by atoms with E-state index in [2.05, 4.69) is 26.0 Å². The van der Waals surface area contributed by atoms with Crippen LogP contribution in [-0.4, -0.2) is 18.7 Å². The van der Waals surface area contributed by atoms with Crippen molar-refractivity contribution >= 4 is 16.7 Å². The second kappa shape index (κ2) is 6.55. The zero-order valence-electron chi connectivity index (χ0n) is 16.9. The van der Waals surface area contributed by atoms with E-state index >= 15 is 0 Å². The molecule has 4 rings (SSSR count). The Morgan fingerprint density at radius 1 is 1.11 bits per heavy atom. The second-order valence-electron chi connectivity index (χ2n) is 7.87. The molecular formula is C24H24O4. The molecule has 3 aromatic carbocycles. The van der Waals surface area contributed by atoms with Crippen LogP contribution in [-0.2, 0) is 11.2 Å². The van der Waals surface area contributed by atoms with Crippen molar-refractivity contribution in [2.45, 2.75) is 39.7 Å². The van der Waals surface area contributed by atoms with Gasteiger partial charge in [-0.1, -0.05) is 30.3 Å². The topological polar surface area (TPSA) is 44.8 Å². The third-order valence-corrected chi connectivity index (χ3v) is 5.12. The first-order valence-corrected chi connectivity index (χ1v) is 9.41. The van der Waals surface area contributed by atoms with Crippen LogP contribution in [0, 0.1) is 6.92 Å². The Kier molecular flexibility index (Phi) is 4.30. The molecule has 1 heterocycles. The van der Waals surface area contributed by atoms with Crippen molar-refractivity contribution in [2.24, 2.45) is 0 Å². The predicted octanol–water partition coefficient (Wildman–Crippen LogP) is 5.46. The lowest BCUT2D eigenvalue weighted by molar-refractivity contribution is -0.131. The minimum absolute atomic E-state index is 0.330. The maximum atomic E-state index is 11.7. The molecule has 4 heteroatoms. The van der Waals surface area contributed by atoms with Gasteiger partial charge in [-0.2, -0.15) is 0 Å². The van der Waals surface area contributed by atoms with Crippen molar-refractivity contribution in [3.63, 3.8) is 0 Å². The number of hydrogen-bond acceptors (Lipinski definition) is 4. The van der Waals surface area contributed by atoms with E-state index < -0.39 is 0 Å². The molecule has 0 N–H and O–H groups in total. The average Bonchev–Trinajstić information content (AvgIpc) is 2.96. The molecule has 0 saturated carbocycles. The van der Waals surface area contributed by atoms with Crippen LogP contribution in [0.2, 0.25) is 0 Å². The number of fused-ring (bicyclic) bond motifs is 3. The van der Waals surface area contributed by atoms with E-state index in [0.717, 1.165) is 45.2 Å². The van der Waals surface area contributed by atoms with E-state index in [1.807, 2.05) is 37.3 Å². The number of ether oxygens (including phenoxy) is 3. The summed E-state index contributed by atoms with van der Waals surface area (Å²) >= 11 is 0. The highest BCUT2D eigenvalue weighted by atomic mass is 16.5. The molecule has 28 heavy (non-hydrogen) atoms. The van der Waals surface area contributed by atoms with Gasteiger partial charge in [-0.05, 0) is 49.6 Å². The second-order valence-corrected chi connectivity index (χ2v) is 7.87. The third kappa shape index (κ3) is 2.99. The number of rotatable bonds is 3. The fourth-order valence-corrected chi connectivity index (χ4v) is 4.10. The number of esters is 1. The van der Waals surface area contributed by atoms with Crippen LogP contribution in [0.5, 0.6) is 17.2 Å². The lowest BCUT2D eigenvalue weighted by Gasteiger charge is -2.19. The molecule has 144 valence electrons. The van der Waals surface area contributed by atoms with Gasteiger partial charge in [0.05, 0.1) is 7.11 Å². The molecule has 0 radical (unpaired) electrons. The zero-order valence-corrected chi connectivity index (χ0v) is 16.9. The summed E-state index contributed by atoms with van der Waals surface area (Å²) in [6.07, 6.45) is 0.749. The SMILES string of the molecule is COc1cc2c(OC(C)=O)cc(C)c(-c3ccccc3)c2c2c1OC(C)(C)C2. The summed E-state index contributed by atoms with van der Waals surface area (Å²) in [5, 5.41) is 1.92. The Bertz CT molecular complexity index is 1080. The summed E-state index contributed by atoms with van der Waals surface area (Å²) in [6, 6.07) is 14.1. The molecule has 0 amide bonds. The van der Waals surface area contributed by atoms with Crippen LogP contribution >= 0.6 is 0 Å². The Morgan fingerprint density at radius 2 is 1.82 bits per heavy atom. The number of hydrogen-bond donors (Lipinski definition) is 0. The van der Waals surface area contributed by atoms with Gasteiger partial charge in [0, 0.05) is 29.7 Å². The van der Waals surface area contributed by atoms with Gasteiger partial charge in [0.1, 0.15) is 11.4 Å². The first-order chi connectivity index (χ1) is 13.3. The van der Waals surface area contributed by atoms with Gasteiger partial charge in [0.15, 0.2) is 11.5 Å². The smallest absolute Gasteiger partial charge is 0.308 e. The summed E-state index contributed by atoms with van der Waals surface area (Å²) in [4.78, 5) is 11.7. The highest BCUT2D eigenvalue weighted by molar-refractivity contribution is 6.06. The first-order valence-electron chi connectivity index (χ1n) is 9.41. The quantitative estimate of drug-likeness (QED) is 0.450. The molecule has 0 atom stereocenters. The first kappa shape index (κ1) is 18.4. The fraction of sp³-hybridized carbons (Fsp3) is 0.292. The van der Waals surface area contributed by atoms with Gasteiger partial charge in [-0.15, -0.1) is 0 Å². The summed E-state index contributed by atoms with van der Waals surface area (Å²) in [6.45, 7) is 7.61. The van der Waals surface area contributed by atoms with Gasteiger partial charge < -0.3 is 14.2 Å². The van der Waals surface area contributed by atoms with E-state index in [1.54, 1.807) is 7.11 Å². The average molecular weight is 376 g/mol. The molecule has 0 saturated heterocycles. The maximum Gasteiger partial charge on any atom is 0.308 e. The van der Waals surface area contributed by atoms with Crippen LogP contribution in [0.25, 0.3) is 21.9 Å². The summed E-state index contributed by atoms with van der Waals surface area (Å²) < 4.78 is 17.4. The summed E-state index contributed by atoms with van der Waals surface area (Å²) in [5.74, 6) is 1.63. The van der Waals surface area contributed by atoms with Crippen molar-refractivity contribution in [2.75, 3.05) is 7.11 Å². The molecular weight excluding hydrogens is 352 g/mol. The standard InChI is InChI=1S/C24H24O4/c1-14-11-19(27-15(2)25)17-12-20(26-5)23-18(13-24(3,4)28-23)22(17)21(14)16-9-7-6-8-10-16/h6-12H,13H2,1-5H3. The lowest BCUT2D eigenvalue weighted by atomic mass is 9.87. The van der Waals surface area contributed by atoms with Crippen molar-refractivity contribution in [3.8, 4) is 28.4 Å². The van der Waals surface area contributed by atoms with E-state index in [9.17, 15) is 4.79 Å². The van der Waals surface area contributed by atoms with Crippen molar-refractivity contribution in [3.05, 3.63) is 53.6 Å². The van der Waals surface area contributed by atoms with Crippen molar-refractivity contribution in [1.82, 2.24) is 0 Å². The lowest BCUT2D eigenvalue weighted by Crippen LogP contribution is -2.24. The van der Waals surface area contributed by atoms with E-state index in [0.29, 0.717) is 11.5 Å². The normalized spacial score (nSPS) is 14.5. The van der Waals surface area contributed by atoms with Crippen LogP contribution in [0.1, 0.15) is 31.9 Å². The molecule has 0 aromatic heterocycles. The molecule has 0 fully saturated rings. The predicted molar refractivity (Wildman–Crippen MR) is 110 cm³/mol. The van der Waals surface area contributed by atoms with Crippen LogP contribution < -0.4 is 14.2 Å². The van der Waals surface area contributed by atoms with Crippen LogP contribution in [0.15, 0.2) is 42.5 Å². The third-order valence-electron chi connectivity index (χ3n) is 5.12. The molecule has 0 bridgehead atoms. The monoisotopic (exact) mass is 376 g/mol. The van der Waals surface area contributed by atoms with Crippen molar-refractivity contribution < 1.29 is 19.0 Å². The number of carbonyl (C=O) groups is 1. The fourth-order valence-electron chi connectivity index (χ4n) is 4.10. The Labute approximate surface area is 165 Å². The van der Waals surface area contributed by atoms with Gasteiger partial charge in [-0.3, -0.25) is 4.79 Å². The molecule has 3 aromatic rings. The summed E-state index contributed by atoms with van der Waals surface area (Å²) in [5.41, 5.74) is 4.06. The number of methoxy groups -OCH3 is 1. The highest BCUT2D eigenvalue weighted by Crippen LogP contribution is 2.51. The Hall–Kier alpha value is -3.01. The summed E-state index contributed by atoms with van der Waals surface area (Å²) in [7, 11) is 1.63. The molecule has 1 aliphatic rings. The van der Waals surface area contributed by atoms with E-state index in [4.69, 9.17) is 14.2 Å². The number of carbonyl (C=O) groups excluding carboxylic acids is 1. The van der Waals surface area contributed by atoms with E-state index in [-0.39, 0.29) is 11.6 Å². The van der Waals surface area contributed by atoms with E-state index in [1.165, 1.54) is 6.92 Å². The maximum absolute atomic E-state index is 11.7. The largest absolute Gasteiger partial charge is 0.493 e. The van der Waals surface area contributed by atoms with Gasteiger partial charge in [0.2, 0.25) is 0 Å². The van der Waals surface area contributed by atoms with Gasteiger partial charge in [-0.25, -0.2) is 0 Å². The molecule has 0 aliphatic carbocycles. The number of aryl methyl sites for hydroxylation is 1. The molecule has 1 aliphatic heterocycles. The highest BCUT2D eigenvalue weighted by Gasteiger charge is 2.36. The van der Waals surface area contributed by atoms with Crippen LogP contribution in [0.3, 0.4) is 0 Å². The minimum atomic E-state index is -0.343. The molecule has 4 nitrogen and oxygen atoms in total. The molecule has 0 spiro atoms. The number of benzene rings is 3. The van der Waals surface area contributed by atoms with Crippen molar-refractivity contribution in [1.29, 1.82) is 0 Å². The Morgan fingerprint density at radius 3 is 2.46 bits per heavy atom. The van der Waals surface area contributed by atoms with Gasteiger partial charge in [0.25, 0.3) is 0 Å². The van der Waals surface area contributed by atoms with Gasteiger partial charge >= 0.3 is 5.97 Å². The minimum Gasteiger partial charge on any atom is -0.493 e.